The van der Waals surface area contributed by atoms with Crippen molar-refractivity contribution in [2.45, 2.75) is 51.6 Å². The van der Waals surface area contributed by atoms with Gasteiger partial charge in [0.25, 0.3) is 5.91 Å². The lowest BCUT2D eigenvalue weighted by molar-refractivity contribution is 0.0956. The van der Waals surface area contributed by atoms with Gasteiger partial charge < -0.3 is 10.6 Å². The molecule has 9 nitrogen and oxygen atoms in total. The molecule has 1 fully saturated rings. The molecule has 2 aromatic heterocycles. The van der Waals surface area contributed by atoms with Gasteiger partial charge in [-0.3, -0.25) is 4.79 Å². The molecule has 2 aromatic rings. The van der Waals surface area contributed by atoms with Gasteiger partial charge in [0.1, 0.15) is 0 Å². The number of anilines is 1. The first kappa shape index (κ1) is 19.6. The number of carbonyl (C=O) groups is 1. The van der Waals surface area contributed by atoms with Crippen molar-refractivity contribution in [2.24, 2.45) is 5.14 Å². The third kappa shape index (κ3) is 4.75. The Bertz CT molecular complexity index is 918. The number of fused-ring (bicyclic) bond motifs is 1. The Morgan fingerprint density at radius 3 is 2.70 bits per heavy atom. The van der Waals surface area contributed by atoms with E-state index in [9.17, 15) is 13.2 Å². The van der Waals surface area contributed by atoms with E-state index in [0.717, 1.165) is 36.7 Å². The van der Waals surface area contributed by atoms with E-state index >= 15 is 0 Å². The Labute approximate surface area is 158 Å². The standard InChI is InChI=1S/C17H26N6O3S/c1-2-23-16-13(11-21-23)15(22-12-6-4-3-5-7-12)14(10-20-16)17(24)19-8-9-27(18,25)26/h10-12H,2-9H2,1H3,(H,19,24)(H,20,22)(H2,18,25,26). The van der Waals surface area contributed by atoms with Gasteiger partial charge in [-0.2, -0.15) is 5.10 Å². The minimum absolute atomic E-state index is 0.0488. The van der Waals surface area contributed by atoms with Gasteiger partial charge in [0.2, 0.25) is 10.0 Å². The van der Waals surface area contributed by atoms with Crippen LogP contribution in [0.4, 0.5) is 5.69 Å². The third-order valence-corrected chi connectivity index (χ3v) is 5.61. The van der Waals surface area contributed by atoms with Gasteiger partial charge in [-0.25, -0.2) is 23.2 Å². The van der Waals surface area contributed by atoms with Crippen LogP contribution >= 0.6 is 0 Å². The monoisotopic (exact) mass is 394 g/mol. The van der Waals surface area contributed by atoms with Gasteiger partial charge in [0.15, 0.2) is 5.65 Å². The van der Waals surface area contributed by atoms with Crippen LogP contribution in [0.25, 0.3) is 11.0 Å². The number of aromatic nitrogens is 3. The number of primary sulfonamides is 1. The smallest absolute Gasteiger partial charge is 0.255 e. The summed E-state index contributed by atoms with van der Waals surface area (Å²) >= 11 is 0. The Morgan fingerprint density at radius 2 is 2.04 bits per heavy atom. The Kier molecular flexibility index (Phi) is 5.95. The van der Waals surface area contributed by atoms with Crippen LogP contribution in [0, 0.1) is 0 Å². The summed E-state index contributed by atoms with van der Waals surface area (Å²) in [5, 5.41) is 16.3. The highest BCUT2D eigenvalue weighted by Crippen LogP contribution is 2.29. The molecular weight excluding hydrogens is 368 g/mol. The lowest BCUT2D eigenvalue weighted by atomic mass is 9.95. The summed E-state index contributed by atoms with van der Waals surface area (Å²) in [4.78, 5) is 17.1. The molecule has 1 saturated carbocycles. The van der Waals surface area contributed by atoms with E-state index in [2.05, 4.69) is 20.7 Å². The summed E-state index contributed by atoms with van der Waals surface area (Å²) < 4.78 is 23.9. The van der Waals surface area contributed by atoms with Crippen molar-refractivity contribution in [1.29, 1.82) is 0 Å². The molecule has 3 rings (SSSR count). The summed E-state index contributed by atoms with van der Waals surface area (Å²) in [5.74, 6) is -0.691. The molecule has 0 spiro atoms. The largest absolute Gasteiger partial charge is 0.381 e. The average molecular weight is 395 g/mol. The van der Waals surface area contributed by atoms with Crippen LogP contribution in [0.5, 0.6) is 0 Å². The van der Waals surface area contributed by atoms with Crippen molar-refractivity contribution >= 4 is 32.7 Å². The van der Waals surface area contributed by atoms with Crippen LogP contribution < -0.4 is 15.8 Å². The first-order valence-corrected chi connectivity index (χ1v) is 11.0. The predicted molar refractivity (Wildman–Crippen MR) is 104 cm³/mol. The molecule has 0 unspecified atom stereocenters. The van der Waals surface area contributed by atoms with E-state index in [1.807, 2.05) is 6.92 Å². The molecule has 0 radical (unpaired) electrons. The number of pyridine rings is 1. The fourth-order valence-electron chi connectivity index (χ4n) is 3.44. The quantitative estimate of drug-likeness (QED) is 0.647. The number of nitrogens with zero attached hydrogens (tertiary/aromatic N) is 3. The normalized spacial score (nSPS) is 15.8. The average Bonchev–Trinajstić information content (AvgIpc) is 3.05. The van der Waals surface area contributed by atoms with Crippen molar-refractivity contribution in [2.75, 3.05) is 17.6 Å². The number of amides is 1. The van der Waals surface area contributed by atoms with Crippen molar-refractivity contribution < 1.29 is 13.2 Å². The molecular formula is C17H26N6O3S. The molecule has 0 aliphatic heterocycles. The topological polar surface area (TPSA) is 132 Å². The van der Waals surface area contributed by atoms with E-state index in [1.54, 1.807) is 10.9 Å². The molecule has 0 atom stereocenters. The maximum atomic E-state index is 12.7. The highest BCUT2D eigenvalue weighted by Gasteiger charge is 2.22. The second kappa shape index (κ2) is 8.22. The number of carbonyl (C=O) groups excluding carboxylic acids is 1. The highest BCUT2D eigenvalue weighted by atomic mass is 32.2. The molecule has 2 heterocycles. The van der Waals surface area contributed by atoms with Crippen LogP contribution in [0.15, 0.2) is 12.4 Å². The Balaban J connectivity index is 1.90. The van der Waals surface area contributed by atoms with Crippen LogP contribution in [0.3, 0.4) is 0 Å². The molecule has 1 aliphatic rings. The SMILES string of the molecule is CCn1ncc2c(NC3CCCCC3)c(C(=O)NCCS(N)(=O)=O)cnc21. The van der Waals surface area contributed by atoms with Gasteiger partial charge in [0.05, 0.1) is 28.6 Å². The van der Waals surface area contributed by atoms with E-state index < -0.39 is 10.0 Å². The maximum Gasteiger partial charge on any atom is 0.255 e. The number of nitrogens with two attached hydrogens (primary N) is 1. The van der Waals surface area contributed by atoms with E-state index in [0.29, 0.717) is 23.8 Å². The van der Waals surface area contributed by atoms with Crippen molar-refractivity contribution in [3.05, 3.63) is 18.0 Å². The second-order valence-electron chi connectivity index (χ2n) is 6.85. The predicted octanol–water partition coefficient (Wildman–Crippen LogP) is 1.21. The van der Waals surface area contributed by atoms with Gasteiger partial charge in [-0.1, -0.05) is 19.3 Å². The van der Waals surface area contributed by atoms with Crippen molar-refractivity contribution in [3.8, 4) is 0 Å². The molecule has 4 N–H and O–H groups in total. The van der Waals surface area contributed by atoms with Gasteiger partial charge in [-0.15, -0.1) is 0 Å². The fourth-order valence-corrected chi connectivity index (χ4v) is 3.83. The Hall–Kier alpha value is -2.20. The zero-order chi connectivity index (χ0) is 19.4. The lowest BCUT2D eigenvalue weighted by Gasteiger charge is -2.25. The van der Waals surface area contributed by atoms with Crippen molar-refractivity contribution in [3.63, 3.8) is 0 Å². The maximum absolute atomic E-state index is 12.7. The van der Waals surface area contributed by atoms with Gasteiger partial charge in [0, 0.05) is 25.3 Å². The van der Waals surface area contributed by atoms with Crippen molar-refractivity contribution in [1.82, 2.24) is 20.1 Å². The van der Waals surface area contributed by atoms with E-state index in [4.69, 9.17) is 5.14 Å². The molecule has 10 heteroatoms. The number of rotatable bonds is 7. The molecule has 1 aliphatic carbocycles. The Morgan fingerprint density at radius 1 is 1.30 bits per heavy atom. The van der Waals surface area contributed by atoms with Gasteiger partial charge >= 0.3 is 0 Å². The molecule has 148 valence electrons. The first-order chi connectivity index (χ1) is 12.9. The first-order valence-electron chi connectivity index (χ1n) is 9.28. The zero-order valence-electron chi connectivity index (χ0n) is 15.4. The molecule has 27 heavy (non-hydrogen) atoms. The molecule has 0 bridgehead atoms. The van der Waals surface area contributed by atoms with Crippen LogP contribution in [0.2, 0.25) is 0 Å². The molecule has 0 saturated heterocycles. The van der Waals surface area contributed by atoms with Crippen LogP contribution in [0.1, 0.15) is 49.4 Å². The highest BCUT2D eigenvalue weighted by molar-refractivity contribution is 7.89. The van der Waals surface area contributed by atoms with Gasteiger partial charge in [-0.05, 0) is 19.8 Å². The summed E-state index contributed by atoms with van der Waals surface area (Å²) in [6.45, 7) is 2.61. The third-order valence-electron chi connectivity index (χ3n) is 4.84. The van der Waals surface area contributed by atoms with Crippen LogP contribution in [-0.4, -0.2) is 47.4 Å². The number of hydrogen-bond donors (Lipinski definition) is 3. The summed E-state index contributed by atoms with van der Waals surface area (Å²) in [6.07, 6.45) is 8.91. The minimum Gasteiger partial charge on any atom is -0.381 e. The summed E-state index contributed by atoms with van der Waals surface area (Å²) in [6, 6.07) is 0.297. The number of aryl methyl sites for hydroxylation is 1. The molecule has 0 aromatic carbocycles. The fraction of sp³-hybridized carbons (Fsp3) is 0.588. The summed E-state index contributed by atoms with van der Waals surface area (Å²) in [7, 11) is -3.63. The van der Waals surface area contributed by atoms with E-state index in [1.165, 1.54) is 12.6 Å². The van der Waals surface area contributed by atoms with E-state index in [-0.39, 0.29) is 18.2 Å². The number of sulfonamides is 1. The second-order valence-corrected chi connectivity index (χ2v) is 8.58. The summed E-state index contributed by atoms with van der Waals surface area (Å²) in [5.41, 5.74) is 1.81. The van der Waals surface area contributed by atoms with Crippen LogP contribution in [-0.2, 0) is 16.6 Å². The number of hydrogen-bond acceptors (Lipinski definition) is 6. The minimum atomic E-state index is -3.63. The number of nitrogens with one attached hydrogen (secondary N) is 2. The molecule has 1 amide bonds. The zero-order valence-corrected chi connectivity index (χ0v) is 16.3. The lowest BCUT2D eigenvalue weighted by Crippen LogP contribution is -2.32.